The third-order valence-electron chi connectivity index (χ3n) is 3.79. The lowest BCUT2D eigenvalue weighted by Crippen LogP contribution is -2.16. The van der Waals surface area contributed by atoms with Crippen LogP contribution in [0.15, 0.2) is 71.7 Å². The molecule has 0 aliphatic heterocycles. The Hall–Kier alpha value is -2.55. The maximum Gasteiger partial charge on any atom is 0.326 e. The normalized spacial score (nSPS) is 10.7. The number of nitrogens with one attached hydrogen (secondary N) is 1. The van der Waals surface area contributed by atoms with Crippen molar-refractivity contribution in [2.24, 2.45) is 0 Å². The van der Waals surface area contributed by atoms with Gasteiger partial charge in [-0.1, -0.05) is 60.7 Å². The fourth-order valence-electron chi connectivity index (χ4n) is 2.64. The van der Waals surface area contributed by atoms with Crippen LogP contribution < -0.4 is 5.69 Å². The zero-order chi connectivity index (χ0) is 15.2. The number of rotatable bonds is 6. The molecule has 1 aromatic heterocycles. The van der Waals surface area contributed by atoms with Gasteiger partial charge in [0.05, 0.1) is 6.54 Å². The Morgan fingerprint density at radius 2 is 1.45 bits per heavy atom. The van der Waals surface area contributed by atoms with E-state index in [1.54, 1.807) is 4.57 Å². The number of hydrogen-bond donors (Lipinski definition) is 1. The van der Waals surface area contributed by atoms with E-state index in [9.17, 15) is 4.79 Å². The van der Waals surface area contributed by atoms with Crippen LogP contribution >= 0.6 is 0 Å². The lowest BCUT2D eigenvalue weighted by Gasteiger charge is -2.01. The van der Waals surface area contributed by atoms with E-state index in [-0.39, 0.29) is 5.69 Å². The van der Waals surface area contributed by atoms with E-state index >= 15 is 0 Å². The second-order valence-electron chi connectivity index (χ2n) is 5.54. The van der Waals surface area contributed by atoms with Crippen molar-refractivity contribution in [3.63, 3.8) is 0 Å². The van der Waals surface area contributed by atoms with Crippen molar-refractivity contribution in [1.29, 1.82) is 0 Å². The summed E-state index contributed by atoms with van der Waals surface area (Å²) in [6.07, 6.45) is 4.91. The molecule has 3 aromatic rings. The molecule has 0 aliphatic carbocycles. The van der Waals surface area contributed by atoms with Gasteiger partial charge in [-0.2, -0.15) is 0 Å². The minimum absolute atomic E-state index is 0.0291. The van der Waals surface area contributed by atoms with Crippen LogP contribution in [0.1, 0.15) is 23.2 Å². The predicted molar refractivity (Wildman–Crippen MR) is 89.1 cm³/mol. The van der Waals surface area contributed by atoms with E-state index in [1.807, 2.05) is 42.6 Å². The first-order valence-corrected chi connectivity index (χ1v) is 7.67. The topological polar surface area (TPSA) is 37.8 Å². The molecule has 0 amide bonds. The Morgan fingerprint density at radius 3 is 2.14 bits per heavy atom. The molecule has 1 heterocycles. The highest BCUT2D eigenvalue weighted by molar-refractivity contribution is 5.16. The van der Waals surface area contributed by atoms with Gasteiger partial charge in [0, 0.05) is 11.9 Å². The third kappa shape index (κ3) is 3.76. The SMILES string of the molecule is O=c1[nH]c(CCCc2ccccc2)cn1Cc1ccccc1. The molecule has 0 saturated carbocycles. The number of aryl methyl sites for hydroxylation is 2. The number of aromatic nitrogens is 2. The fourth-order valence-corrected chi connectivity index (χ4v) is 2.64. The summed E-state index contributed by atoms with van der Waals surface area (Å²) < 4.78 is 1.74. The van der Waals surface area contributed by atoms with Gasteiger partial charge in [-0.05, 0) is 30.4 Å². The molecule has 3 nitrogen and oxygen atoms in total. The van der Waals surface area contributed by atoms with Crippen LogP contribution in [0.2, 0.25) is 0 Å². The van der Waals surface area contributed by atoms with Crippen molar-refractivity contribution >= 4 is 0 Å². The minimum atomic E-state index is -0.0291. The number of benzene rings is 2. The summed E-state index contributed by atoms with van der Waals surface area (Å²) in [5.74, 6) is 0. The Labute approximate surface area is 130 Å². The van der Waals surface area contributed by atoms with E-state index in [0.717, 1.165) is 30.5 Å². The number of imidazole rings is 1. The van der Waals surface area contributed by atoms with Crippen molar-refractivity contribution < 1.29 is 0 Å². The molecule has 0 saturated heterocycles. The van der Waals surface area contributed by atoms with Crippen LogP contribution in [0.5, 0.6) is 0 Å². The summed E-state index contributed by atoms with van der Waals surface area (Å²) in [4.78, 5) is 14.9. The molecule has 3 rings (SSSR count). The van der Waals surface area contributed by atoms with Crippen molar-refractivity contribution in [3.8, 4) is 0 Å². The first kappa shape index (κ1) is 14.4. The first-order chi connectivity index (χ1) is 10.8. The average Bonchev–Trinajstić information content (AvgIpc) is 2.89. The van der Waals surface area contributed by atoms with Gasteiger partial charge in [-0.15, -0.1) is 0 Å². The Morgan fingerprint density at radius 1 is 0.818 bits per heavy atom. The van der Waals surface area contributed by atoms with Crippen molar-refractivity contribution in [1.82, 2.24) is 9.55 Å². The number of nitrogens with zero attached hydrogens (tertiary/aromatic N) is 1. The second-order valence-corrected chi connectivity index (χ2v) is 5.54. The first-order valence-electron chi connectivity index (χ1n) is 7.67. The highest BCUT2D eigenvalue weighted by atomic mass is 16.1. The maximum atomic E-state index is 12.0. The van der Waals surface area contributed by atoms with Crippen LogP contribution in [-0.4, -0.2) is 9.55 Å². The Bertz CT molecular complexity index is 757. The Kier molecular flexibility index (Phi) is 4.54. The largest absolute Gasteiger partial charge is 0.326 e. The van der Waals surface area contributed by atoms with Crippen molar-refractivity contribution in [2.45, 2.75) is 25.8 Å². The highest BCUT2D eigenvalue weighted by Crippen LogP contribution is 2.07. The number of H-pyrrole nitrogens is 1. The van der Waals surface area contributed by atoms with Gasteiger partial charge in [0.2, 0.25) is 0 Å². The lowest BCUT2D eigenvalue weighted by molar-refractivity contribution is 0.761. The molecule has 3 heteroatoms. The minimum Gasteiger partial charge on any atom is -0.310 e. The molecular formula is C19H20N2O. The van der Waals surface area contributed by atoms with Crippen LogP contribution in [0.25, 0.3) is 0 Å². The van der Waals surface area contributed by atoms with E-state index in [0.29, 0.717) is 6.54 Å². The highest BCUT2D eigenvalue weighted by Gasteiger charge is 2.04. The zero-order valence-electron chi connectivity index (χ0n) is 12.5. The van der Waals surface area contributed by atoms with Crippen LogP contribution in [0.4, 0.5) is 0 Å². The van der Waals surface area contributed by atoms with Crippen molar-refractivity contribution in [2.75, 3.05) is 0 Å². The monoisotopic (exact) mass is 292 g/mol. The summed E-state index contributed by atoms with van der Waals surface area (Å²) >= 11 is 0. The predicted octanol–water partition coefficient (Wildman–Crippen LogP) is 3.40. The number of hydrogen-bond acceptors (Lipinski definition) is 1. The van der Waals surface area contributed by atoms with Crippen LogP contribution in [-0.2, 0) is 19.4 Å². The summed E-state index contributed by atoms with van der Waals surface area (Å²) in [6.45, 7) is 0.620. The zero-order valence-corrected chi connectivity index (χ0v) is 12.5. The van der Waals surface area contributed by atoms with Gasteiger partial charge < -0.3 is 4.98 Å². The number of aromatic amines is 1. The lowest BCUT2D eigenvalue weighted by atomic mass is 10.1. The smallest absolute Gasteiger partial charge is 0.310 e. The van der Waals surface area contributed by atoms with Gasteiger partial charge >= 0.3 is 5.69 Å². The van der Waals surface area contributed by atoms with Crippen LogP contribution in [0, 0.1) is 0 Å². The van der Waals surface area contributed by atoms with Gasteiger partial charge in [0.25, 0.3) is 0 Å². The quantitative estimate of drug-likeness (QED) is 0.743. The molecular weight excluding hydrogens is 272 g/mol. The molecule has 0 radical (unpaired) electrons. The Balaban J connectivity index is 1.59. The summed E-state index contributed by atoms with van der Waals surface area (Å²) in [5, 5.41) is 0. The molecule has 0 atom stereocenters. The molecule has 0 unspecified atom stereocenters. The van der Waals surface area contributed by atoms with Gasteiger partial charge in [0.1, 0.15) is 0 Å². The molecule has 0 aliphatic rings. The maximum absolute atomic E-state index is 12.0. The van der Waals surface area contributed by atoms with Gasteiger partial charge in [0.15, 0.2) is 0 Å². The van der Waals surface area contributed by atoms with E-state index in [1.165, 1.54) is 5.56 Å². The van der Waals surface area contributed by atoms with Crippen LogP contribution in [0.3, 0.4) is 0 Å². The molecule has 0 fully saturated rings. The average molecular weight is 292 g/mol. The standard InChI is InChI=1S/C19H20N2O/c22-19-20-18(13-7-12-16-8-3-1-4-9-16)15-21(19)14-17-10-5-2-6-11-17/h1-6,8-11,15H,7,12-14H2,(H,20,22). The molecule has 0 spiro atoms. The van der Waals surface area contributed by atoms with Gasteiger partial charge in [-0.25, -0.2) is 4.79 Å². The summed E-state index contributed by atoms with van der Waals surface area (Å²) in [5.41, 5.74) is 3.46. The van der Waals surface area contributed by atoms with Gasteiger partial charge in [-0.3, -0.25) is 4.57 Å². The molecule has 0 bridgehead atoms. The molecule has 22 heavy (non-hydrogen) atoms. The van der Waals surface area contributed by atoms with Crippen molar-refractivity contribution in [3.05, 3.63) is 94.2 Å². The van der Waals surface area contributed by atoms with E-state index in [2.05, 4.69) is 29.2 Å². The molecule has 112 valence electrons. The molecule has 1 N–H and O–H groups in total. The third-order valence-corrected chi connectivity index (χ3v) is 3.79. The summed E-state index contributed by atoms with van der Waals surface area (Å²) in [6, 6.07) is 20.5. The van der Waals surface area contributed by atoms with E-state index in [4.69, 9.17) is 0 Å². The molecule has 2 aromatic carbocycles. The summed E-state index contributed by atoms with van der Waals surface area (Å²) in [7, 11) is 0. The second kappa shape index (κ2) is 6.94. The van der Waals surface area contributed by atoms with E-state index < -0.39 is 0 Å². The fraction of sp³-hybridized carbons (Fsp3) is 0.211.